The molecule has 0 saturated carbocycles. The first-order valence-electron chi connectivity index (χ1n) is 8.89. The van der Waals surface area contributed by atoms with Gasteiger partial charge in [0.25, 0.3) is 0 Å². The summed E-state index contributed by atoms with van der Waals surface area (Å²) >= 11 is 7.93. The lowest BCUT2D eigenvalue weighted by Crippen LogP contribution is -2.46. The average molecular weight is 363 g/mol. The topological polar surface area (TPSA) is 32.3 Å². The number of rotatable bonds is 3. The molecule has 2 aliphatic rings. The molecular weight excluding hydrogens is 340 g/mol. The maximum atomic E-state index is 6.28. The summed E-state index contributed by atoms with van der Waals surface area (Å²) in [6, 6.07) is 8.61. The van der Waals surface area contributed by atoms with E-state index in [0.29, 0.717) is 0 Å². The lowest BCUT2D eigenvalue weighted by Gasteiger charge is -2.40. The van der Waals surface area contributed by atoms with E-state index in [1.54, 1.807) is 11.3 Å². The Kier molecular flexibility index (Phi) is 5.01. The van der Waals surface area contributed by atoms with Gasteiger partial charge in [0.1, 0.15) is 0 Å². The zero-order chi connectivity index (χ0) is 16.4. The number of piperidine rings is 2. The van der Waals surface area contributed by atoms with Crippen molar-refractivity contribution in [1.29, 1.82) is 0 Å². The van der Waals surface area contributed by atoms with Gasteiger partial charge in [0.2, 0.25) is 5.13 Å². The van der Waals surface area contributed by atoms with Gasteiger partial charge in [-0.2, -0.15) is 0 Å². The van der Waals surface area contributed by atoms with E-state index < -0.39 is 0 Å². The first kappa shape index (κ1) is 16.3. The maximum Gasteiger partial charge on any atom is 0.208 e. The molecule has 1 aromatic carbocycles. The Morgan fingerprint density at radius 3 is 2.46 bits per heavy atom. The van der Waals surface area contributed by atoms with Crippen LogP contribution in [0.4, 0.5) is 5.13 Å². The van der Waals surface area contributed by atoms with Gasteiger partial charge in [-0.05, 0) is 44.8 Å². The highest BCUT2D eigenvalue weighted by Gasteiger charge is 2.27. The van der Waals surface area contributed by atoms with Gasteiger partial charge in [0.05, 0.1) is 5.02 Å². The molecule has 0 spiro atoms. The summed E-state index contributed by atoms with van der Waals surface area (Å²) in [6.45, 7) is 4.75. The van der Waals surface area contributed by atoms with E-state index in [9.17, 15) is 0 Å². The molecule has 2 aromatic rings. The normalized spacial score (nSPS) is 20.5. The van der Waals surface area contributed by atoms with Crippen LogP contribution in [0.15, 0.2) is 24.3 Å². The van der Waals surface area contributed by atoms with Crippen LogP contribution in [-0.4, -0.2) is 47.3 Å². The highest BCUT2D eigenvalue weighted by Crippen LogP contribution is 2.34. The van der Waals surface area contributed by atoms with Crippen molar-refractivity contribution in [3.8, 4) is 10.6 Å². The van der Waals surface area contributed by atoms with E-state index in [2.05, 4.69) is 20.0 Å². The fraction of sp³-hybridized carbons (Fsp3) is 0.556. The summed E-state index contributed by atoms with van der Waals surface area (Å²) in [5, 5.41) is 11.5. The van der Waals surface area contributed by atoms with Gasteiger partial charge in [-0.25, -0.2) is 0 Å². The number of hydrogen-bond donors (Lipinski definition) is 0. The number of benzene rings is 1. The van der Waals surface area contributed by atoms with Crippen LogP contribution in [0.3, 0.4) is 0 Å². The molecule has 0 atom stereocenters. The highest BCUT2D eigenvalue weighted by atomic mass is 35.5. The Labute approximate surface area is 152 Å². The lowest BCUT2D eigenvalue weighted by atomic mass is 10.0. The van der Waals surface area contributed by atoms with Gasteiger partial charge in [0, 0.05) is 24.7 Å². The number of hydrogen-bond acceptors (Lipinski definition) is 5. The molecule has 0 unspecified atom stereocenters. The van der Waals surface area contributed by atoms with E-state index in [4.69, 9.17) is 11.6 Å². The molecular formula is C18H23ClN4S. The van der Waals surface area contributed by atoms with Crippen molar-refractivity contribution in [3.63, 3.8) is 0 Å². The van der Waals surface area contributed by atoms with Gasteiger partial charge in [-0.15, -0.1) is 10.2 Å². The van der Waals surface area contributed by atoms with Gasteiger partial charge >= 0.3 is 0 Å². The van der Waals surface area contributed by atoms with E-state index in [0.717, 1.165) is 39.9 Å². The van der Waals surface area contributed by atoms with Crippen molar-refractivity contribution in [3.05, 3.63) is 29.3 Å². The van der Waals surface area contributed by atoms with Crippen LogP contribution >= 0.6 is 22.9 Å². The number of aromatic nitrogens is 2. The quantitative estimate of drug-likeness (QED) is 0.814. The zero-order valence-electron chi connectivity index (χ0n) is 13.8. The minimum atomic E-state index is 0.740. The van der Waals surface area contributed by atoms with Crippen LogP contribution in [0, 0.1) is 0 Å². The minimum absolute atomic E-state index is 0.740. The summed E-state index contributed by atoms with van der Waals surface area (Å²) in [6.07, 6.45) is 6.63. The average Bonchev–Trinajstić information content (AvgIpc) is 3.13. The summed E-state index contributed by atoms with van der Waals surface area (Å²) in [4.78, 5) is 5.09. The molecule has 0 bridgehead atoms. The molecule has 1 aromatic heterocycles. The largest absolute Gasteiger partial charge is 0.347 e. The van der Waals surface area contributed by atoms with Crippen molar-refractivity contribution < 1.29 is 0 Å². The predicted octanol–water partition coefficient (Wildman–Crippen LogP) is 4.31. The number of anilines is 1. The maximum absolute atomic E-state index is 6.28. The SMILES string of the molecule is Clc1ccccc1-c1nnc(N2CCC(N3CCCCC3)CC2)s1. The molecule has 2 aliphatic heterocycles. The van der Waals surface area contributed by atoms with Crippen molar-refractivity contribution in [1.82, 2.24) is 15.1 Å². The summed E-state index contributed by atoms with van der Waals surface area (Å²) in [5.74, 6) is 0. The molecule has 0 amide bonds. The molecule has 0 aliphatic carbocycles. The second-order valence-electron chi connectivity index (χ2n) is 6.68. The van der Waals surface area contributed by atoms with Crippen LogP contribution in [0.1, 0.15) is 32.1 Å². The second kappa shape index (κ2) is 7.38. The molecule has 6 heteroatoms. The number of likely N-dealkylation sites (tertiary alicyclic amines) is 1. The molecule has 0 N–H and O–H groups in total. The Morgan fingerprint density at radius 1 is 0.958 bits per heavy atom. The third-order valence-electron chi connectivity index (χ3n) is 5.16. The van der Waals surface area contributed by atoms with Crippen molar-refractivity contribution in [2.75, 3.05) is 31.1 Å². The predicted molar refractivity (Wildman–Crippen MR) is 101 cm³/mol. The van der Waals surface area contributed by atoms with Crippen LogP contribution < -0.4 is 4.90 Å². The molecule has 24 heavy (non-hydrogen) atoms. The van der Waals surface area contributed by atoms with Crippen LogP contribution in [0.5, 0.6) is 0 Å². The molecule has 0 radical (unpaired) electrons. The van der Waals surface area contributed by atoms with E-state index >= 15 is 0 Å². The zero-order valence-corrected chi connectivity index (χ0v) is 15.4. The van der Waals surface area contributed by atoms with Crippen molar-refractivity contribution >= 4 is 28.1 Å². The van der Waals surface area contributed by atoms with Crippen molar-refractivity contribution in [2.45, 2.75) is 38.1 Å². The Balaban J connectivity index is 1.40. The minimum Gasteiger partial charge on any atom is -0.347 e. The van der Waals surface area contributed by atoms with Crippen molar-refractivity contribution in [2.24, 2.45) is 0 Å². The van der Waals surface area contributed by atoms with E-state index in [1.807, 2.05) is 24.3 Å². The fourth-order valence-corrected chi connectivity index (χ4v) is 5.01. The van der Waals surface area contributed by atoms with Gasteiger partial charge < -0.3 is 9.80 Å². The van der Waals surface area contributed by atoms with Crippen LogP contribution in [0.2, 0.25) is 5.02 Å². The molecule has 2 fully saturated rings. The molecule has 3 heterocycles. The Hall–Kier alpha value is -1.17. The fourth-order valence-electron chi connectivity index (χ4n) is 3.79. The van der Waals surface area contributed by atoms with E-state index in [1.165, 1.54) is 45.2 Å². The Morgan fingerprint density at radius 2 is 1.71 bits per heavy atom. The summed E-state index contributed by atoms with van der Waals surface area (Å²) < 4.78 is 0. The van der Waals surface area contributed by atoms with E-state index in [-0.39, 0.29) is 0 Å². The molecule has 4 rings (SSSR count). The monoisotopic (exact) mass is 362 g/mol. The third kappa shape index (κ3) is 3.44. The van der Waals surface area contributed by atoms with Gasteiger partial charge in [0.15, 0.2) is 5.01 Å². The van der Waals surface area contributed by atoms with Gasteiger partial charge in [-0.3, -0.25) is 0 Å². The third-order valence-corrected chi connectivity index (χ3v) is 6.51. The van der Waals surface area contributed by atoms with Crippen LogP contribution in [0.25, 0.3) is 10.6 Å². The standard InChI is InChI=1S/C18H23ClN4S/c19-16-7-3-2-6-15(16)17-20-21-18(24-17)23-12-8-14(9-13-23)22-10-4-1-5-11-22/h2-3,6-7,14H,1,4-5,8-13H2. The van der Waals surface area contributed by atoms with Gasteiger partial charge in [-0.1, -0.05) is 47.6 Å². The number of nitrogens with zero attached hydrogens (tertiary/aromatic N) is 4. The molecule has 2 saturated heterocycles. The highest BCUT2D eigenvalue weighted by molar-refractivity contribution is 7.18. The second-order valence-corrected chi connectivity index (χ2v) is 8.05. The molecule has 128 valence electrons. The van der Waals surface area contributed by atoms with Crippen LogP contribution in [-0.2, 0) is 0 Å². The summed E-state index contributed by atoms with van der Waals surface area (Å²) in [5.41, 5.74) is 0.978. The smallest absolute Gasteiger partial charge is 0.208 e. The Bertz CT molecular complexity index is 675. The number of halogens is 1. The lowest BCUT2D eigenvalue weighted by molar-refractivity contribution is 0.141. The first-order chi connectivity index (χ1) is 11.8. The summed E-state index contributed by atoms with van der Waals surface area (Å²) in [7, 11) is 0. The molecule has 4 nitrogen and oxygen atoms in total. The first-order valence-corrected chi connectivity index (χ1v) is 10.1.